The van der Waals surface area contributed by atoms with Gasteiger partial charge in [0.2, 0.25) is 0 Å². The molecule has 0 saturated carbocycles. The minimum Gasteiger partial charge on any atom is -0.103 e. The largest absolute Gasteiger partial charge is 0.103 e. The maximum Gasteiger partial charge on any atom is -0.0313 e. The first-order valence-corrected chi connectivity index (χ1v) is 5.13. The van der Waals surface area contributed by atoms with E-state index in [1.807, 2.05) is 6.08 Å². The Labute approximate surface area is 77.4 Å². The fraction of sp³-hybridized carbons (Fsp3) is 0.667. The van der Waals surface area contributed by atoms with Crippen LogP contribution in [-0.4, -0.2) is 0 Å². The van der Waals surface area contributed by atoms with Gasteiger partial charge in [-0.15, -0.1) is 6.58 Å². The molecule has 0 atom stereocenters. The molecule has 0 aliphatic rings. The van der Waals surface area contributed by atoms with Crippen LogP contribution in [0.15, 0.2) is 24.3 Å². The average Bonchev–Trinajstić information content (AvgIpc) is 2.11. The molecule has 0 heteroatoms. The summed E-state index contributed by atoms with van der Waals surface area (Å²) < 4.78 is 0. The molecule has 0 amide bonds. The van der Waals surface area contributed by atoms with Gasteiger partial charge in [-0.3, -0.25) is 0 Å². The molecule has 0 bridgehead atoms. The Morgan fingerprint density at radius 2 is 2.00 bits per heavy atom. The van der Waals surface area contributed by atoms with Gasteiger partial charge < -0.3 is 0 Å². The molecule has 0 nitrogen and oxygen atoms in total. The van der Waals surface area contributed by atoms with Crippen molar-refractivity contribution in [2.75, 3.05) is 0 Å². The van der Waals surface area contributed by atoms with Crippen LogP contribution in [-0.2, 0) is 0 Å². The second-order valence-electron chi connectivity index (χ2n) is 3.19. The van der Waals surface area contributed by atoms with E-state index in [0.717, 1.165) is 6.42 Å². The number of allylic oxidation sites excluding steroid dienone is 3. The number of rotatable bonds is 7. The Bertz CT molecular complexity index is 131. The molecule has 0 heterocycles. The smallest absolute Gasteiger partial charge is 0.0313 e. The van der Waals surface area contributed by atoms with Gasteiger partial charge in [0.15, 0.2) is 0 Å². The van der Waals surface area contributed by atoms with Gasteiger partial charge in [-0.2, -0.15) is 0 Å². The topological polar surface area (TPSA) is 0 Å². The molecule has 0 aliphatic carbocycles. The van der Waals surface area contributed by atoms with Gasteiger partial charge >= 0.3 is 0 Å². The first-order valence-electron chi connectivity index (χ1n) is 5.13. The molecule has 0 radical (unpaired) electrons. The fourth-order valence-electron chi connectivity index (χ4n) is 1.23. The molecule has 0 spiro atoms. The summed E-state index contributed by atoms with van der Waals surface area (Å²) in [6.45, 7) is 8.21. The third-order valence-corrected chi connectivity index (χ3v) is 2.11. The van der Waals surface area contributed by atoms with E-state index < -0.39 is 0 Å². The van der Waals surface area contributed by atoms with Crippen LogP contribution in [0.1, 0.15) is 52.4 Å². The summed E-state index contributed by atoms with van der Waals surface area (Å²) in [6, 6.07) is 0. The Balaban J connectivity index is 3.62. The average molecular weight is 166 g/mol. The van der Waals surface area contributed by atoms with Crippen molar-refractivity contribution in [1.82, 2.24) is 0 Å². The number of hydrogen-bond donors (Lipinski definition) is 0. The van der Waals surface area contributed by atoms with E-state index in [0.29, 0.717) is 0 Å². The SMILES string of the molecule is C=CCC/C=C(\CC)CCCC. The van der Waals surface area contributed by atoms with Gasteiger partial charge in [0, 0.05) is 0 Å². The zero-order valence-corrected chi connectivity index (χ0v) is 8.60. The van der Waals surface area contributed by atoms with E-state index >= 15 is 0 Å². The minimum absolute atomic E-state index is 1.12. The summed E-state index contributed by atoms with van der Waals surface area (Å²) in [6.07, 6.45) is 11.8. The second-order valence-corrected chi connectivity index (χ2v) is 3.19. The Hall–Kier alpha value is -0.520. The third-order valence-electron chi connectivity index (χ3n) is 2.11. The standard InChI is InChI=1S/C12H22/c1-4-7-9-11-12(6-3)10-8-5-2/h4,11H,1,5-10H2,2-3H3/b12-11+. The van der Waals surface area contributed by atoms with Crippen LogP contribution in [0.3, 0.4) is 0 Å². The van der Waals surface area contributed by atoms with E-state index in [-0.39, 0.29) is 0 Å². The molecular formula is C12H22. The van der Waals surface area contributed by atoms with Crippen LogP contribution < -0.4 is 0 Å². The van der Waals surface area contributed by atoms with Gasteiger partial charge in [-0.05, 0) is 32.1 Å². The summed E-state index contributed by atoms with van der Waals surface area (Å²) in [5, 5.41) is 0. The molecule has 0 saturated heterocycles. The predicted octanol–water partition coefficient (Wildman–Crippen LogP) is 4.48. The van der Waals surface area contributed by atoms with Crippen LogP contribution in [0.4, 0.5) is 0 Å². The maximum absolute atomic E-state index is 3.72. The highest BCUT2D eigenvalue weighted by Crippen LogP contribution is 2.12. The molecule has 0 fully saturated rings. The molecule has 0 aromatic rings. The zero-order valence-electron chi connectivity index (χ0n) is 8.60. The molecule has 0 aromatic carbocycles. The molecular weight excluding hydrogens is 144 g/mol. The van der Waals surface area contributed by atoms with Crippen molar-refractivity contribution in [1.29, 1.82) is 0 Å². The summed E-state index contributed by atoms with van der Waals surface area (Å²) >= 11 is 0. The minimum atomic E-state index is 1.12. The summed E-state index contributed by atoms with van der Waals surface area (Å²) in [7, 11) is 0. The van der Waals surface area contributed by atoms with Crippen molar-refractivity contribution in [3.63, 3.8) is 0 Å². The fourth-order valence-corrected chi connectivity index (χ4v) is 1.23. The van der Waals surface area contributed by atoms with Crippen molar-refractivity contribution >= 4 is 0 Å². The van der Waals surface area contributed by atoms with Crippen LogP contribution in [0.5, 0.6) is 0 Å². The van der Waals surface area contributed by atoms with Crippen LogP contribution in [0, 0.1) is 0 Å². The van der Waals surface area contributed by atoms with E-state index in [4.69, 9.17) is 0 Å². The molecule has 0 N–H and O–H groups in total. The second kappa shape index (κ2) is 8.58. The van der Waals surface area contributed by atoms with Gasteiger partial charge in [-0.1, -0.05) is 38.0 Å². The highest BCUT2D eigenvalue weighted by Gasteiger charge is 1.92. The zero-order chi connectivity index (χ0) is 9.23. The van der Waals surface area contributed by atoms with Crippen LogP contribution >= 0.6 is 0 Å². The van der Waals surface area contributed by atoms with E-state index in [9.17, 15) is 0 Å². The Morgan fingerprint density at radius 1 is 1.25 bits per heavy atom. The van der Waals surface area contributed by atoms with Gasteiger partial charge in [0.25, 0.3) is 0 Å². The quantitative estimate of drug-likeness (QED) is 0.386. The van der Waals surface area contributed by atoms with Crippen molar-refractivity contribution in [2.45, 2.75) is 52.4 Å². The van der Waals surface area contributed by atoms with Crippen molar-refractivity contribution in [3.8, 4) is 0 Å². The first kappa shape index (κ1) is 11.5. The maximum atomic E-state index is 3.72. The normalized spacial score (nSPS) is 11.7. The summed E-state index contributed by atoms with van der Waals surface area (Å²) in [5.74, 6) is 0. The van der Waals surface area contributed by atoms with Gasteiger partial charge in [0.05, 0.1) is 0 Å². The highest BCUT2D eigenvalue weighted by atomic mass is 14.0. The van der Waals surface area contributed by atoms with Gasteiger partial charge in [0.1, 0.15) is 0 Å². The lowest BCUT2D eigenvalue weighted by Gasteiger charge is -2.02. The Morgan fingerprint density at radius 3 is 2.50 bits per heavy atom. The first-order chi connectivity index (χ1) is 5.85. The van der Waals surface area contributed by atoms with Crippen molar-refractivity contribution < 1.29 is 0 Å². The number of hydrogen-bond acceptors (Lipinski definition) is 0. The lowest BCUT2D eigenvalue weighted by Crippen LogP contribution is -1.82. The third kappa shape index (κ3) is 6.21. The molecule has 0 aliphatic heterocycles. The van der Waals surface area contributed by atoms with Crippen LogP contribution in [0.2, 0.25) is 0 Å². The van der Waals surface area contributed by atoms with Crippen molar-refractivity contribution in [3.05, 3.63) is 24.3 Å². The lowest BCUT2D eigenvalue weighted by atomic mass is 10.0. The lowest BCUT2D eigenvalue weighted by molar-refractivity contribution is 0.760. The summed E-state index contributed by atoms with van der Waals surface area (Å²) in [5.41, 5.74) is 1.62. The van der Waals surface area contributed by atoms with E-state index in [2.05, 4.69) is 26.5 Å². The Kier molecular flexibility index (Phi) is 8.20. The van der Waals surface area contributed by atoms with Gasteiger partial charge in [-0.25, -0.2) is 0 Å². The van der Waals surface area contributed by atoms with Crippen molar-refractivity contribution in [2.24, 2.45) is 0 Å². The molecule has 0 rings (SSSR count). The molecule has 70 valence electrons. The highest BCUT2D eigenvalue weighted by molar-refractivity contribution is 5.01. The number of unbranched alkanes of at least 4 members (excludes halogenated alkanes) is 2. The molecule has 12 heavy (non-hydrogen) atoms. The summed E-state index contributed by atoms with van der Waals surface area (Å²) in [4.78, 5) is 0. The molecule has 0 unspecified atom stereocenters. The predicted molar refractivity (Wildman–Crippen MR) is 57.3 cm³/mol. The molecule has 0 aromatic heterocycles. The monoisotopic (exact) mass is 166 g/mol. The van der Waals surface area contributed by atoms with E-state index in [1.165, 1.54) is 32.1 Å². The van der Waals surface area contributed by atoms with Crippen LogP contribution in [0.25, 0.3) is 0 Å². The van der Waals surface area contributed by atoms with E-state index in [1.54, 1.807) is 5.57 Å².